The lowest BCUT2D eigenvalue weighted by Crippen LogP contribution is -2.32. The molecule has 1 aromatic rings. The third-order valence-corrected chi connectivity index (χ3v) is 3.83. The van der Waals surface area contributed by atoms with Gasteiger partial charge in [0, 0.05) is 19.0 Å². The summed E-state index contributed by atoms with van der Waals surface area (Å²) < 4.78 is 10.0. The quantitative estimate of drug-likeness (QED) is 0.780. The first-order chi connectivity index (χ1) is 9.15. The number of rotatable bonds is 4. The van der Waals surface area contributed by atoms with E-state index in [1.54, 1.807) is 7.11 Å². The van der Waals surface area contributed by atoms with Crippen LogP contribution in [0.4, 0.5) is 0 Å². The number of carbonyl (C=O) groups excluding carboxylic acids is 1. The van der Waals surface area contributed by atoms with Gasteiger partial charge >= 0.3 is 5.97 Å². The summed E-state index contributed by atoms with van der Waals surface area (Å²) in [7, 11) is 5.21. The summed E-state index contributed by atoms with van der Waals surface area (Å²) >= 11 is 0. The Morgan fingerprint density at radius 1 is 1.42 bits per heavy atom. The first-order valence-electron chi connectivity index (χ1n) is 6.59. The number of hydrogen-bond donors (Lipinski definition) is 0. The number of nitrogens with zero attached hydrogens (tertiary/aromatic N) is 1. The molecule has 0 saturated heterocycles. The molecule has 0 aromatic heterocycles. The van der Waals surface area contributed by atoms with Crippen LogP contribution in [0.15, 0.2) is 18.2 Å². The molecule has 0 N–H and O–H groups in total. The molecule has 0 radical (unpaired) electrons. The Hall–Kier alpha value is -1.55. The van der Waals surface area contributed by atoms with Gasteiger partial charge in [-0.3, -0.25) is 9.69 Å². The van der Waals surface area contributed by atoms with Crippen molar-refractivity contribution < 1.29 is 14.3 Å². The fraction of sp³-hybridized carbons (Fsp3) is 0.533. The van der Waals surface area contributed by atoms with Crippen molar-refractivity contribution >= 4 is 5.97 Å². The van der Waals surface area contributed by atoms with Crippen molar-refractivity contribution in [1.82, 2.24) is 4.90 Å². The number of ether oxygens (including phenoxy) is 2. The van der Waals surface area contributed by atoms with E-state index in [-0.39, 0.29) is 12.0 Å². The molecular formula is C15H21NO3. The normalized spacial score (nSPS) is 18.8. The third-order valence-electron chi connectivity index (χ3n) is 3.83. The molecule has 1 heterocycles. The molecule has 0 bridgehead atoms. The zero-order valence-electron chi connectivity index (χ0n) is 11.8. The Morgan fingerprint density at radius 3 is 2.89 bits per heavy atom. The van der Waals surface area contributed by atoms with Crippen LogP contribution in [0.1, 0.15) is 30.0 Å². The van der Waals surface area contributed by atoms with Crippen LogP contribution >= 0.6 is 0 Å². The molecule has 4 heteroatoms. The maximum Gasteiger partial charge on any atom is 0.305 e. The number of benzene rings is 1. The van der Waals surface area contributed by atoms with Gasteiger partial charge in [0.05, 0.1) is 14.2 Å². The lowest BCUT2D eigenvalue weighted by molar-refractivity contribution is -0.141. The second kappa shape index (κ2) is 6.06. The van der Waals surface area contributed by atoms with Crippen LogP contribution in [0.25, 0.3) is 0 Å². The Labute approximate surface area is 114 Å². The van der Waals surface area contributed by atoms with Crippen molar-refractivity contribution in [1.29, 1.82) is 0 Å². The molecule has 4 nitrogen and oxygen atoms in total. The summed E-state index contributed by atoms with van der Waals surface area (Å²) in [6.45, 7) is 1.02. The SMILES string of the molecule is COC(=O)CCC1c2cc(OC)ccc2CCN1C. The highest BCUT2D eigenvalue weighted by Gasteiger charge is 2.25. The van der Waals surface area contributed by atoms with Gasteiger partial charge in [0.1, 0.15) is 5.75 Å². The topological polar surface area (TPSA) is 38.8 Å². The zero-order valence-corrected chi connectivity index (χ0v) is 11.8. The molecule has 2 rings (SSSR count). The number of methoxy groups -OCH3 is 2. The predicted octanol–water partition coefficient (Wildman–Crippen LogP) is 2.18. The molecule has 1 aliphatic rings. The number of likely N-dealkylation sites (N-methyl/N-ethyl adjacent to an activating group) is 1. The number of carbonyl (C=O) groups is 1. The second-order valence-corrected chi connectivity index (χ2v) is 4.93. The van der Waals surface area contributed by atoms with E-state index >= 15 is 0 Å². The summed E-state index contributed by atoms with van der Waals surface area (Å²) in [6.07, 6.45) is 2.27. The van der Waals surface area contributed by atoms with Gasteiger partial charge in [-0.05, 0) is 43.1 Å². The van der Waals surface area contributed by atoms with Crippen molar-refractivity contribution in [3.05, 3.63) is 29.3 Å². The zero-order chi connectivity index (χ0) is 13.8. The van der Waals surface area contributed by atoms with Crippen molar-refractivity contribution in [2.75, 3.05) is 27.8 Å². The molecule has 1 aromatic carbocycles. The molecule has 0 amide bonds. The van der Waals surface area contributed by atoms with Gasteiger partial charge in [-0.2, -0.15) is 0 Å². The van der Waals surface area contributed by atoms with E-state index in [1.807, 2.05) is 6.07 Å². The Kier molecular flexibility index (Phi) is 4.43. The minimum atomic E-state index is -0.150. The first-order valence-corrected chi connectivity index (χ1v) is 6.59. The molecule has 0 saturated carbocycles. The average molecular weight is 263 g/mol. The summed E-state index contributed by atoms with van der Waals surface area (Å²) in [6, 6.07) is 6.48. The van der Waals surface area contributed by atoms with E-state index < -0.39 is 0 Å². The van der Waals surface area contributed by atoms with Crippen LogP contribution in [0.3, 0.4) is 0 Å². The van der Waals surface area contributed by atoms with E-state index in [0.717, 1.165) is 25.1 Å². The van der Waals surface area contributed by atoms with E-state index in [9.17, 15) is 4.79 Å². The molecule has 0 fully saturated rings. The number of esters is 1. The van der Waals surface area contributed by atoms with Crippen molar-refractivity contribution in [3.8, 4) is 5.75 Å². The first kappa shape index (κ1) is 13.9. The standard InChI is InChI=1S/C15H21NO3/c1-16-9-8-11-4-5-12(18-2)10-13(11)14(16)6-7-15(17)19-3/h4-5,10,14H,6-9H2,1-3H3. The van der Waals surface area contributed by atoms with Gasteiger partial charge in [0.15, 0.2) is 0 Å². The highest BCUT2D eigenvalue weighted by molar-refractivity contribution is 5.69. The van der Waals surface area contributed by atoms with Crippen LogP contribution in [0, 0.1) is 0 Å². The average Bonchev–Trinajstić information content (AvgIpc) is 2.45. The van der Waals surface area contributed by atoms with E-state index in [1.165, 1.54) is 18.2 Å². The molecule has 1 aliphatic heterocycles. The molecular weight excluding hydrogens is 242 g/mol. The van der Waals surface area contributed by atoms with E-state index in [2.05, 4.69) is 24.1 Å². The van der Waals surface area contributed by atoms with Crippen LogP contribution < -0.4 is 4.74 Å². The predicted molar refractivity (Wildman–Crippen MR) is 73.3 cm³/mol. The van der Waals surface area contributed by atoms with Crippen molar-refractivity contribution in [2.24, 2.45) is 0 Å². The van der Waals surface area contributed by atoms with Crippen LogP contribution in [0.5, 0.6) is 5.75 Å². The van der Waals surface area contributed by atoms with Gasteiger partial charge in [-0.1, -0.05) is 6.07 Å². The molecule has 1 unspecified atom stereocenters. The van der Waals surface area contributed by atoms with Crippen LogP contribution in [-0.4, -0.2) is 38.7 Å². The lowest BCUT2D eigenvalue weighted by Gasteiger charge is -2.34. The summed E-state index contributed by atoms with van der Waals surface area (Å²) in [5.74, 6) is 0.723. The van der Waals surface area contributed by atoms with E-state index in [0.29, 0.717) is 6.42 Å². The summed E-state index contributed by atoms with van der Waals surface area (Å²) in [4.78, 5) is 13.6. The van der Waals surface area contributed by atoms with Crippen LogP contribution in [-0.2, 0) is 16.0 Å². The molecule has 0 aliphatic carbocycles. The fourth-order valence-electron chi connectivity index (χ4n) is 2.66. The van der Waals surface area contributed by atoms with Gasteiger partial charge < -0.3 is 9.47 Å². The Balaban J connectivity index is 2.21. The minimum absolute atomic E-state index is 0.150. The fourth-order valence-corrected chi connectivity index (χ4v) is 2.66. The third kappa shape index (κ3) is 3.07. The number of fused-ring (bicyclic) bond motifs is 1. The molecule has 1 atom stereocenters. The van der Waals surface area contributed by atoms with E-state index in [4.69, 9.17) is 9.47 Å². The number of hydrogen-bond acceptors (Lipinski definition) is 4. The highest BCUT2D eigenvalue weighted by atomic mass is 16.5. The summed E-state index contributed by atoms with van der Waals surface area (Å²) in [5.41, 5.74) is 2.63. The second-order valence-electron chi connectivity index (χ2n) is 4.93. The lowest BCUT2D eigenvalue weighted by atomic mass is 9.90. The maximum atomic E-state index is 11.3. The molecule has 19 heavy (non-hydrogen) atoms. The Bertz CT molecular complexity index is 459. The highest BCUT2D eigenvalue weighted by Crippen LogP contribution is 2.34. The Morgan fingerprint density at radius 2 is 2.21 bits per heavy atom. The smallest absolute Gasteiger partial charge is 0.305 e. The molecule has 0 spiro atoms. The largest absolute Gasteiger partial charge is 0.497 e. The van der Waals surface area contributed by atoms with Crippen molar-refractivity contribution in [2.45, 2.75) is 25.3 Å². The van der Waals surface area contributed by atoms with Gasteiger partial charge in [-0.15, -0.1) is 0 Å². The van der Waals surface area contributed by atoms with Gasteiger partial charge in [-0.25, -0.2) is 0 Å². The van der Waals surface area contributed by atoms with Gasteiger partial charge in [0.25, 0.3) is 0 Å². The van der Waals surface area contributed by atoms with Crippen LogP contribution in [0.2, 0.25) is 0 Å². The monoisotopic (exact) mass is 263 g/mol. The van der Waals surface area contributed by atoms with Crippen molar-refractivity contribution in [3.63, 3.8) is 0 Å². The summed E-state index contributed by atoms with van der Waals surface area (Å²) in [5, 5.41) is 0. The maximum absolute atomic E-state index is 11.3. The minimum Gasteiger partial charge on any atom is -0.497 e. The molecule has 104 valence electrons. The van der Waals surface area contributed by atoms with Gasteiger partial charge in [0.2, 0.25) is 0 Å².